The molecule has 0 aromatic carbocycles. The Morgan fingerprint density at radius 3 is 2.95 bits per heavy atom. The molecule has 0 aliphatic carbocycles. The molecule has 2 rings (SSSR count). The molecule has 1 aromatic rings. The number of pyridine rings is 1. The van der Waals surface area contributed by atoms with Crippen LogP contribution in [0.15, 0.2) is 12.3 Å². The van der Waals surface area contributed by atoms with Crippen molar-refractivity contribution in [2.24, 2.45) is 5.92 Å². The summed E-state index contributed by atoms with van der Waals surface area (Å²) in [6, 6.07) is 2.05. The molecular weight excluding hydrogens is 297 g/mol. The second kappa shape index (κ2) is 6.74. The zero-order chi connectivity index (χ0) is 14.7. The van der Waals surface area contributed by atoms with E-state index in [1.165, 1.54) is 12.3 Å². The SMILES string of the molecule is CC(C)N1CCC(CNC(=O)c2cc(Cl)ncc2Cl)C1. The van der Waals surface area contributed by atoms with E-state index in [0.29, 0.717) is 29.1 Å². The van der Waals surface area contributed by atoms with Gasteiger partial charge < -0.3 is 10.2 Å². The molecule has 0 spiro atoms. The van der Waals surface area contributed by atoms with Gasteiger partial charge in [0.2, 0.25) is 0 Å². The van der Waals surface area contributed by atoms with Crippen LogP contribution in [0.25, 0.3) is 0 Å². The average Bonchev–Trinajstić information content (AvgIpc) is 2.88. The molecule has 0 radical (unpaired) electrons. The van der Waals surface area contributed by atoms with E-state index in [1.54, 1.807) is 0 Å². The van der Waals surface area contributed by atoms with E-state index >= 15 is 0 Å². The molecule has 1 atom stereocenters. The van der Waals surface area contributed by atoms with Gasteiger partial charge in [-0.05, 0) is 38.8 Å². The van der Waals surface area contributed by atoms with Crippen LogP contribution in [0.5, 0.6) is 0 Å². The Labute approximate surface area is 129 Å². The molecule has 20 heavy (non-hydrogen) atoms. The van der Waals surface area contributed by atoms with E-state index in [0.717, 1.165) is 19.5 Å². The molecule has 0 saturated carbocycles. The molecule has 110 valence electrons. The van der Waals surface area contributed by atoms with Gasteiger partial charge in [-0.25, -0.2) is 4.98 Å². The van der Waals surface area contributed by atoms with Gasteiger partial charge in [-0.1, -0.05) is 23.2 Å². The van der Waals surface area contributed by atoms with Crippen LogP contribution in [0.2, 0.25) is 10.2 Å². The van der Waals surface area contributed by atoms with Crippen molar-refractivity contribution < 1.29 is 4.79 Å². The number of halogens is 2. The normalized spacial score (nSPS) is 19.6. The summed E-state index contributed by atoms with van der Waals surface area (Å²) in [5.41, 5.74) is 0.380. The van der Waals surface area contributed by atoms with Crippen molar-refractivity contribution in [2.45, 2.75) is 26.3 Å². The summed E-state index contributed by atoms with van der Waals surface area (Å²) >= 11 is 11.7. The number of likely N-dealkylation sites (tertiary alicyclic amines) is 1. The van der Waals surface area contributed by atoms with E-state index in [2.05, 4.69) is 29.0 Å². The van der Waals surface area contributed by atoms with Crippen LogP contribution >= 0.6 is 23.2 Å². The van der Waals surface area contributed by atoms with Crippen LogP contribution < -0.4 is 5.32 Å². The van der Waals surface area contributed by atoms with Crippen molar-refractivity contribution in [1.29, 1.82) is 0 Å². The number of carbonyl (C=O) groups excluding carboxylic acids is 1. The lowest BCUT2D eigenvalue weighted by Gasteiger charge is -2.20. The van der Waals surface area contributed by atoms with Crippen molar-refractivity contribution in [3.05, 3.63) is 28.0 Å². The van der Waals surface area contributed by atoms with Crippen molar-refractivity contribution in [1.82, 2.24) is 15.2 Å². The molecule has 1 aliphatic rings. The number of nitrogens with one attached hydrogen (secondary N) is 1. The van der Waals surface area contributed by atoms with Gasteiger partial charge in [-0.2, -0.15) is 0 Å². The molecule has 1 N–H and O–H groups in total. The van der Waals surface area contributed by atoms with Gasteiger partial charge in [0, 0.05) is 25.3 Å². The maximum atomic E-state index is 12.1. The highest BCUT2D eigenvalue weighted by Crippen LogP contribution is 2.20. The molecule has 1 fully saturated rings. The number of hydrogen-bond acceptors (Lipinski definition) is 3. The first-order chi connectivity index (χ1) is 9.47. The molecule has 1 saturated heterocycles. The fourth-order valence-electron chi connectivity index (χ4n) is 2.42. The Morgan fingerprint density at radius 2 is 2.30 bits per heavy atom. The van der Waals surface area contributed by atoms with Gasteiger partial charge in [0.15, 0.2) is 0 Å². The van der Waals surface area contributed by atoms with Crippen molar-refractivity contribution in [2.75, 3.05) is 19.6 Å². The number of rotatable bonds is 4. The molecule has 2 heterocycles. The molecule has 4 nitrogen and oxygen atoms in total. The number of nitrogens with zero attached hydrogens (tertiary/aromatic N) is 2. The Balaban J connectivity index is 1.88. The van der Waals surface area contributed by atoms with E-state index in [1.807, 2.05) is 0 Å². The number of carbonyl (C=O) groups is 1. The maximum absolute atomic E-state index is 12.1. The second-order valence-corrected chi connectivity index (χ2v) is 6.23. The fraction of sp³-hybridized carbons (Fsp3) is 0.571. The summed E-state index contributed by atoms with van der Waals surface area (Å²) in [4.78, 5) is 18.4. The smallest absolute Gasteiger partial charge is 0.252 e. The van der Waals surface area contributed by atoms with Gasteiger partial charge in [0.1, 0.15) is 5.15 Å². The minimum absolute atomic E-state index is 0.192. The first kappa shape index (κ1) is 15.5. The first-order valence-electron chi connectivity index (χ1n) is 6.80. The summed E-state index contributed by atoms with van der Waals surface area (Å²) in [6.45, 7) is 7.18. The molecule has 1 unspecified atom stereocenters. The lowest BCUT2D eigenvalue weighted by molar-refractivity contribution is 0.0947. The highest BCUT2D eigenvalue weighted by molar-refractivity contribution is 6.35. The topological polar surface area (TPSA) is 45.2 Å². The predicted octanol–water partition coefficient (Wildman–Crippen LogP) is 2.85. The Morgan fingerprint density at radius 1 is 1.55 bits per heavy atom. The number of hydrogen-bond donors (Lipinski definition) is 1. The lowest BCUT2D eigenvalue weighted by atomic mass is 10.1. The first-order valence-corrected chi connectivity index (χ1v) is 7.56. The van der Waals surface area contributed by atoms with E-state index < -0.39 is 0 Å². The van der Waals surface area contributed by atoms with Crippen molar-refractivity contribution >= 4 is 29.1 Å². The van der Waals surface area contributed by atoms with Crippen LogP contribution in [0, 0.1) is 5.92 Å². The Kier molecular flexibility index (Phi) is 5.24. The molecule has 1 aliphatic heterocycles. The monoisotopic (exact) mass is 315 g/mol. The Bertz CT molecular complexity index is 493. The minimum Gasteiger partial charge on any atom is -0.352 e. The van der Waals surface area contributed by atoms with E-state index in [4.69, 9.17) is 23.2 Å². The van der Waals surface area contributed by atoms with Crippen LogP contribution in [0.1, 0.15) is 30.6 Å². The molecule has 6 heteroatoms. The summed E-state index contributed by atoms with van der Waals surface area (Å²) < 4.78 is 0. The highest BCUT2D eigenvalue weighted by atomic mass is 35.5. The van der Waals surface area contributed by atoms with Gasteiger partial charge in [-0.15, -0.1) is 0 Å². The van der Waals surface area contributed by atoms with Crippen LogP contribution in [0.3, 0.4) is 0 Å². The fourth-order valence-corrected chi connectivity index (χ4v) is 2.76. The van der Waals surface area contributed by atoms with E-state index in [-0.39, 0.29) is 11.1 Å². The third kappa shape index (κ3) is 3.84. The summed E-state index contributed by atoms with van der Waals surface area (Å²) in [5.74, 6) is 0.305. The van der Waals surface area contributed by atoms with E-state index in [9.17, 15) is 4.79 Å². The number of amides is 1. The molecule has 1 aromatic heterocycles. The van der Waals surface area contributed by atoms with Gasteiger partial charge in [0.25, 0.3) is 5.91 Å². The van der Waals surface area contributed by atoms with Gasteiger partial charge >= 0.3 is 0 Å². The van der Waals surface area contributed by atoms with Crippen LogP contribution in [-0.2, 0) is 0 Å². The Hall–Kier alpha value is -0.840. The standard InChI is InChI=1S/C14H19Cl2N3O/c1-9(2)19-4-3-10(8-19)6-18-14(20)11-5-13(16)17-7-12(11)15/h5,7,9-10H,3-4,6,8H2,1-2H3,(H,18,20). The van der Waals surface area contributed by atoms with Crippen molar-refractivity contribution in [3.8, 4) is 0 Å². The molecule has 1 amide bonds. The summed E-state index contributed by atoms with van der Waals surface area (Å²) in [7, 11) is 0. The zero-order valence-corrected chi connectivity index (χ0v) is 13.2. The maximum Gasteiger partial charge on any atom is 0.252 e. The quantitative estimate of drug-likeness (QED) is 0.869. The van der Waals surface area contributed by atoms with Crippen LogP contribution in [0.4, 0.5) is 0 Å². The molecular formula is C14H19Cl2N3O. The third-order valence-electron chi connectivity index (χ3n) is 3.67. The lowest BCUT2D eigenvalue weighted by Crippen LogP contribution is -2.33. The highest BCUT2D eigenvalue weighted by Gasteiger charge is 2.24. The molecule has 0 bridgehead atoms. The van der Waals surface area contributed by atoms with Crippen molar-refractivity contribution in [3.63, 3.8) is 0 Å². The average molecular weight is 316 g/mol. The third-order valence-corrected chi connectivity index (χ3v) is 4.17. The summed E-state index contributed by atoms with van der Waals surface area (Å²) in [6.07, 6.45) is 2.51. The minimum atomic E-state index is -0.192. The summed E-state index contributed by atoms with van der Waals surface area (Å²) in [5, 5.41) is 3.52. The largest absolute Gasteiger partial charge is 0.352 e. The van der Waals surface area contributed by atoms with Gasteiger partial charge in [0.05, 0.1) is 10.6 Å². The number of aromatic nitrogens is 1. The zero-order valence-electron chi connectivity index (χ0n) is 11.7. The second-order valence-electron chi connectivity index (χ2n) is 5.44. The van der Waals surface area contributed by atoms with Crippen LogP contribution in [-0.4, -0.2) is 41.5 Å². The van der Waals surface area contributed by atoms with Gasteiger partial charge in [-0.3, -0.25) is 4.79 Å². The predicted molar refractivity (Wildman–Crippen MR) is 81.4 cm³/mol.